The summed E-state index contributed by atoms with van der Waals surface area (Å²) in [6.07, 6.45) is 1.34. The van der Waals surface area contributed by atoms with Gasteiger partial charge >= 0.3 is 0 Å². The molecule has 0 spiro atoms. The number of phenols is 1. The Balaban J connectivity index is 2.27. The predicted octanol–water partition coefficient (Wildman–Crippen LogP) is 6.12. The molecule has 0 fully saturated rings. The van der Waals surface area contributed by atoms with Gasteiger partial charge in [0.25, 0.3) is 0 Å². The van der Waals surface area contributed by atoms with E-state index in [-0.39, 0.29) is 23.9 Å². The molecule has 2 aromatic rings. The minimum absolute atomic E-state index is 0.112. The molecule has 0 saturated heterocycles. The van der Waals surface area contributed by atoms with Crippen molar-refractivity contribution in [2.75, 3.05) is 6.61 Å². The zero-order valence-electron chi connectivity index (χ0n) is 18.8. The molecule has 0 saturated carbocycles. The number of ether oxygens (including phenoxy) is 2. The maximum absolute atomic E-state index is 9.86. The minimum Gasteiger partial charge on any atom is -0.508 e. The third-order valence-electron chi connectivity index (χ3n) is 5.73. The van der Waals surface area contributed by atoms with Gasteiger partial charge in [0.15, 0.2) is 6.29 Å². The zero-order valence-corrected chi connectivity index (χ0v) is 18.8. The number of hydrogen-bond acceptors (Lipinski definition) is 5. The lowest BCUT2D eigenvalue weighted by Crippen LogP contribution is -2.20. The van der Waals surface area contributed by atoms with Gasteiger partial charge in [0.05, 0.1) is 24.0 Å². The molecule has 1 N–H and O–H groups in total. The topological polar surface area (TPSA) is 86.3 Å². The highest BCUT2D eigenvalue weighted by Gasteiger charge is 2.30. The molecular weight excluding hydrogens is 388 g/mol. The maximum atomic E-state index is 9.86. The van der Waals surface area contributed by atoms with E-state index in [9.17, 15) is 15.6 Å². The lowest BCUT2D eigenvalue weighted by molar-refractivity contribution is -0.0613. The SMILES string of the molecule is CCOC(C)Oc1ccc(C(CC)CC(c2ccc(O)cc2)C(C#N)C(C)C#N)cc1. The van der Waals surface area contributed by atoms with Gasteiger partial charge < -0.3 is 14.6 Å². The number of aromatic hydroxyl groups is 1. The van der Waals surface area contributed by atoms with Gasteiger partial charge in [0.2, 0.25) is 0 Å². The van der Waals surface area contributed by atoms with Crippen molar-refractivity contribution in [3.8, 4) is 23.6 Å². The van der Waals surface area contributed by atoms with Crippen LogP contribution in [0.25, 0.3) is 0 Å². The van der Waals surface area contributed by atoms with E-state index in [4.69, 9.17) is 9.47 Å². The summed E-state index contributed by atoms with van der Waals surface area (Å²) in [4.78, 5) is 0. The Morgan fingerprint density at radius 2 is 1.52 bits per heavy atom. The van der Waals surface area contributed by atoms with E-state index in [0.29, 0.717) is 6.61 Å². The fraction of sp³-hybridized carbons (Fsp3) is 0.462. The Morgan fingerprint density at radius 1 is 0.903 bits per heavy atom. The molecule has 5 nitrogen and oxygen atoms in total. The smallest absolute Gasteiger partial charge is 0.196 e. The number of hydrogen-bond donors (Lipinski definition) is 1. The van der Waals surface area contributed by atoms with Crippen LogP contribution in [0.3, 0.4) is 0 Å². The summed E-state index contributed by atoms with van der Waals surface area (Å²) >= 11 is 0. The maximum Gasteiger partial charge on any atom is 0.196 e. The van der Waals surface area contributed by atoms with E-state index in [1.54, 1.807) is 19.1 Å². The van der Waals surface area contributed by atoms with Crippen LogP contribution in [-0.2, 0) is 4.74 Å². The highest BCUT2D eigenvalue weighted by Crippen LogP contribution is 2.40. The average Bonchev–Trinajstić information content (AvgIpc) is 2.78. The fourth-order valence-corrected chi connectivity index (χ4v) is 3.97. The minimum atomic E-state index is -0.432. The molecule has 0 aromatic heterocycles. The number of nitrogens with zero attached hydrogens (tertiary/aromatic N) is 2. The van der Waals surface area contributed by atoms with Crippen LogP contribution in [0.4, 0.5) is 0 Å². The highest BCUT2D eigenvalue weighted by atomic mass is 16.7. The Kier molecular flexibility index (Phi) is 9.38. The zero-order chi connectivity index (χ0) is 22.8. The van der Waals surface area contributed by atoms with Gasteiger partial charge in [-0.2, -0.15) is 10.5 Å². The largest absolute Gasteiger partial charge is 0.508 e. The lowest BCUT2D eigenvalue weighted by atomic mass is 9.73. The van der Waals surface area contributed by atoms with Crippen LogP contribution in [0.2, 0.25) is 0 Å². The third-order valence-corrected chi connectivity index (χ3v) is 5.73. The monoisotopic (exact) mass is 420 g/mol. The van der Waals surface area contributed by atoms with Crippen molar-refractivity contribution < 1.29 is 14.6 Å². The second kappa shape index (κ2) is 12.0. The summed E-state index contributed by atoms with van der Waals surface area (Å²) in [6, 6.07) is 19.6. The van der Waals surface area contributed by atoms with E-state index in [0.717, 1.165) is 24.2 Å². The number of benzene rings is 2. The third kappa shape index (κ3) is 6.74. The van der Waals surface area contributed by atoms with Gasteiger partial charge in [-0.1, -0.05) is 31.2 Å². The number of rotatable bonds is 11. The molecule has 2 aromatic carbocycles. The van der Waals surface area contributed by atoms with Gasteiger partial charge in [-0.25, -0.2) is 0 Å². The molecule has 0 heterocycles. The summed E-state index contributed by atoms with van der Waals surface area (Å²) < 4.78 is 11.2. The quantitative estimate of drug-likeness (QED) is 0.443. The van der Waals surface area contributed by atoms with Gasteiger partial charge in [0.1, 0.15) is 11.5 Å². The average molecular weight is 421 g/mol. The van der Waals surface area contributed by atoms with Gasteiger partial charge in [-0.3, -0.25) is 0 Å². The summed E-state index contributed by atoms with van der Waals surface area (Å²) in [5, 5.41) is 29.0. The van der Waals surface area contributed by atoms with Crippen molar-refractivity contribution in [1.82, 2.24) is 0 Å². The Labute approximate surface area is 185 Å². The second-order valence-corrected chi connectivity index (χ2v) is 7.82. The van der Waals surface area contributed by atoms with Crippen LogP contribution in [-0.4, -0.2) is 18.0 Å². The van der Waals surface area contributed by atoms with Crippen LogP contribution in [0.15, 0.2) is 48.5 Å². The molecule has 0 amide bonds. The highest BCUT2D eigenvalue weighted by molar-refractivity contribution is 5.33. The molecule has 5 atom stereocenters. The summed E-state index contributed by atoms with van der Waals surface area (Å²) in [5.74, 6) is 0.226. The first-order valence-electron chi connectivity index (χ1n) is 10.9. The molecule has 0 aliphatic carbocycles. The summed E-state index contributed by atoms with van der Waals surface area (Å²) in [6.45, 7) is 8.33. The Morgan fingerprint density at radius 3 is 2.03 bits per heavy atom. The van der Waals surface area contributed by atoms with Crippen LogP contribution < -0.4 is 4.74 Å². The first-order valence-corrected chi connectivity index (χ1v) is 10.9. The normalized spacial score (nSPS) is 15.7. The van der Waals surface area contributed by atoms with Gasteiger partial charge in [0, 0.05) is 12.5 Å². The Hall–Kier alpha value is -3.02. The van der Waals surface area contributed by atoms with Crippen molar-refractivity contribution in [1.29, 1.82) is 10.5 Å². The van der Waals surface area contributed by atoms with Crippen molar-refractivity contribution in [2.24, 2.45) is 11.8 Å². The van der Waals surface area contributed by atoms with Gasteiger partial charge in [-0.05, 0) is 74.9 Å². The molecule has 31 heavy (non-hydrogen) atoms. The van der Waals surface area contributed by atoms with Crippen LogP contribution >= 0.6 is 0 Å². The number of phenolic OH excluding ortho intramolecular Hbond substituents is 1. The molecule has 5 unspecified atom stereocenters. The van der Waals surface area contributed by atoms with E-state index in [1.165, 1.54) is 5.56 Å². The van der Waals surface area contributed by atoms with E-state index >= 15 is 0 Å². The number of nitriles is 2. The van der Waals surface area contributed by atoms with Crippen molar-refractivity contribution >= 4 is 0 Å². The van der Waals surface area contributed by atoms with E-state index < -0.39 is 11.8 Å². The van der Waals surface area contributed by atoms with Crippen LogP contribution in [0, 0.1) is 34.5 Å². The fourth-order valence-electron chi connectivity index (χ4n) is 3.97. The summed E-state index contributed by atoms with van der Waals surface area (Å²) in [5.41, 5.74) is 2.14. The first kappa shape index (κ1) is 24.3. The first-order chi connectivity index (χ1) is 14.9. The Bertz CT molecular complexity index is 881. The molecule has 0 bridgehead atoms. The van der Waals surface area contributed by atoms with Crippen LogP contribution in [0.5, 0.6) is 11.5 Å². The second-order valence-electron chi connectivity index (χ2n) is 7.82. The lowest BCUT2D eigenvalue weighted by Gasteiger charge is -2.28. The van der Waals surface area contributed by atoms with E-state index in [2.05, 4.69) is 31.2 Å². The predicted molar refractivity (Wildman–Crippen MR) is 121 cm³/mol. The van der Waals surface area contributed by atoms with E-state index in [1.807, 2.05) is 38.1 Å². The summed E-state index contributed by atoms with van der Waals surface area (Å²) in [7, 11) is 0. The molecule has 0 aliphatic rings. The molecule has 5 heteroatoms. The molecular formula is C26H32N2O3. The van der Waals surface area contributed by atoms with Crippen molar-refractivity contribution in [3.05, 3.63) is 59.7 Å². The standard InChI is InChI=1S/C26H32N2O3/c1-5-20(21-9-13-24(14-10-21)31-19(4)30-6-2)15-25(26(17-28)18(3)16-27)22-7-11-23(29)12-8-22/h7-14,18-20,25-26,29H,5-6,15H2,1-4H3. The molecule has 164 valence electrons. The molecule has 2 rings (SSSR count). The molecule has 0 radical (unpaired) electrons. The van der Waals surface area contributed by atoms with Gasteiger partial charge in [-0.15, -0.1) is 0 Å². The van der Waals surface area contributed by atoms with Crippen molar-refractivity contribution in [2.45, 2.75) is 58.7 Å². The van der Waals surface area contributed by atoms with Crippen LogP contribution in [0.1, 0.15) is 63.5 Å². The van der Waals surface area contributed by atoms with Crippen molar-refractivity contribution in [3.63, 3.8) is 0 Å². The molecule has 0 aliphatic heterocycles.